The van der Waals surface area contributed by atoms with Gasteiger partial charge in [-0.25, -0.2) is 28.6 Å². The maximum absolute atomic E-state index is 12.7. The molecule has 9 atom stereocenters. The molecule has 29 heteroatoms. The number of aliphatic hydroxyl groups excluding tert-OH is 2. The molecule has 1 aliphatic heterocycles. The predicted molar refractivity (Wildman–Crippen MR) is 226 cm³/mol. The van der Waals surface area contributed by atoms with Gasteiger partial charge in [-0.1, -0.05) is 50.8 Å². The highest BCUT2D eigenvalue weighted by molar-refractivity contribution is 8.14. The number of ketones is 1. The quantitative estimate of drug-likeness (QED) is 0.0295. The summed E-state index contributed by atoms with van der Waals surface area (Å²) in [6, 6.07) is 0. The number of aliphatic hydroxyl groups is 2. The van der Waals surface area contributed by atoms with Gasteiger partial charge in [0.2, 0.25) is 16.9 Å². The Morgan fingerprint density at radius 3 is 2.47 bits per heavy atom. The average molecular weight is 986 g/mol. The molecule has 3 heterocycles. The number of hydrogen-bond donors (Lipinski definition) is 9. The van der Waals surface area contributed by atoms with Crippen LogP contribution >= 0.6 is 35.2 Å². The first kappa shape index (κ1) is 53.3. The molecule has 2 aromatic heterocycles. The number of amides is 2. The number of nitrogens with zero attached hydrogens (tertiary/aromatic N) is 4. The third-order valence-corrected chi connectivity index (χ3v) is 13.9. The van der Waals surface area contributed by atoms with Crippen molar-refractivity contribution < 1.29 is 85.3 Å². The summed E-state index contributed by atoms with van der Waals surface area (Å²) < 4.78 is 62.3. The van der Waals surface area contributed by atoms with Crippen LogP contribution in [0.2, 0.25) is 0 Å². The van der Waals surface area contributed by atoms with Gasteiger partial charge in [-0.15, -0.1) is 0 Å². The van der Waals surface area contributed by atoms with Crippen LogP contribution in [0, 0.1) is 17.3 Å². The summed E-state index contributed by atoms with van der Waals surface area (Å²) in [4.78, 5) is 101. The van der Waals surface area contributed by atoms with E-state index in [2.05, 4.69) is 34.4 Å². The van der Waals surface area contributed by atoms with E-state index in [1.54, 1.807) is 6.08 Å². The van der Waals surface area contributed by atoms with Gasteiger partial charge in [0, 0.05) is 43.0 Å². The molecule has 1 saturated heterocycles. The standard InChI is InChI=1S/C35H54N7O18P3S/c1-4-5-6-9-22-21(11-12-23(22)43)8-7-10-26(45)64-16-15-37-25(44)13-14-38-33(48)30(47)35(2,3)18-57-63(54,55)60-62(52,53)56-17-24-29(59-61(49,50)51)28(46)34(58-24)42-20-41-27-31(36)39-19-40-32(27)42/h5-7,10,19-22,24,28-30,34,46-47H,4,8-9,11-18H2,1-3H3,(H,37,44)(H,38,48)(H,52,53)(H,54,55)(H2,36,39,40)(H2,49,50,51)/t21?,22-,24+,28?,29-,30-,34+/m0/s1. The number of rotatable bonds is 25. The fourth-order valence-corrected chi connectivity index (χ4v) is 10.1. The van der Waals surface area contributed by atoms with Gasteiger partial charge >= 0.3 is 23.5 Å². The lowest BCUT2D eigenvalue weighted by atomic mass is 9.87. The van der Waals surface area contributed by atoms with E-state index in [1.165, 1.54) is 19.9 Å². The lowest BCUT2D eigenvalue weighted by Gasteiger charge is -2.30. The second kappa shape index (κ2) is 23.4. The highest BCUT2D eigenvalue weighted by Gasteiger charge is 2.50. The number of carbonyl (C=O) groups is 4. The number of nitrogens with one attached hydrogen (secondary N) is 2. The molecule has 2 fully saturated rings. The number of Topliss-reactive ketones (excluding diaryl/α,β-unsaturated/α-hetero) is 1. The van der Waals surface area contributed by atoms with Gasteiger partial charge in [-0.3, -0.25) is 37.3 Å². The Kier molecular flexibility index (Phi) is 19.5. The molecule has 4 unspecified atom stereocenters. The zero-order valence-electron chi connectivity index (χ0n) is 35.0. The third-order valence-electron chi connectivity index (χ3n) is 9.98. The minimum absolute atomic E-state index is 0.0258. The number of nitrogen functional groups attached to an aromatic ring is 1. The number of carbonyl (C=O) groups excluding carboxylic acids is 4. The van der Waals surface area contributed by atoms with Crippen molar-refractivity contribution in [3.63, 3.8) is 0 Å². The van der Waals surface area contributed by atoms with Gasteiger partial charge in [-0.05, 0) is 37.7 Å². The van der Waals surface area contributed by atoms with Crippen LogP contribution in [0.4, 0.5) is 5.82 Å². The normalized spacial score (nSPS) is 24.3. The molecule has 2 aliphatic rings. The molecule has 0 aromatic carbocycles. The SMILES string of the molecule is CCC=CC[C@@H]1C(=O)CCC1CC=CC(=O)SCCNC(=O)CCNC(=O)[C@H](O)C(C)(C)COP(=O)(O)OP(=O)(O)OC[C@H]1O[C@@H](n2cnc3c(N)ncnc32)C(O)[C@H]1OP(=O)(O)O. The molecule has 0 spiro atoms. The van der Waals surface area contributed by atoms with Gasteiger partial charge in [0.15, 0.2) is 17.7 Å². The van der Waals surface area contributed by atoms with Gasteiger partial charge < -0.3 is 50.9 Å². The van der Waals surface area contributed by atoms with Crippen molar-refractivity contribution in [2.75, 3.05) is 37.8 Å². The van der Waals surface area contributed by atoms with E-state index < -0.39 is 84.6 Å². The maximum Gasteiger partial charge on any atom is 0.481 e. The van der Waals surface area contributed by atoms with Crippen molar-refractivity contribution >= 4 is 74.9 Å². The van der Waals surface area contributed by atoms with Crippen LogP contribution in [0.15, 0.2) is 37.0 Å². The van der Waals surface area contributed by atoms with Crippen molar-refractivity contribution in [1.82, 2.24) is 30.2 Å². The van der Waals surface area contributed by atoms with Crippen LogP contribution in [0.25, 0.3) is 11.2 Å². The summed E-state index contributed by atoms with van der Waals surface area (Å²) in [5.74, 6) is -0.791. The second-order valence-corrected chi connectivity index (χ2v) is 20.7. The fourth-order valence-electron chi connectivity index (χ4n) is 6.66. The molecule has 1 aliphatic carbocycles. The first-order chi connectivity index (χ1) is 29.9. The largest absolute Gasteiger partial charge is 0.481 e. The number of anilines is 1. The van der Waals surface area contributed by atoms with E-state index in [0.717, 1.165) is 41.8 Å². The van der Waals surface area contributed by atoms with Crippen molar-refractivity contribution in [3.05, 3.63) is 37.0 Å². The predicted octanol–water partition coefficient (Wildman–Crippen LogP) is 1.56. The molecule has 25 nitrogen and oxygen atoms in total. The summed E-state index contributed by atoms with van der Waals surface area (Å²) in [6.07, 6.45) is 3.91. The summed E-state index contributed by atoms with van der Waals surface area (Å²) in [5, 5.41) is 26.3. The van der Waals surface area contributed by atoms with Gasteiger partial charge in [-0.2, -0.15) is 4.31 Å². The summed E-state index contributed by atoms with van der Waals surface area (Å²) in [7, 11) is -16.4. The van der Waals surface area contributed by atoms with Crippen LogP contribution < -0.4 is 16.4 Å². The lowest BCUT2D eigenvalue weighted by molar-refractivity contribution is -0.137. The highest BCUT2D eigenvalue weighted by atomic mass is 32.2. The van der Waals surface area contributed by atoms with Crippen LogP contribution in [-0.4, -0.2) is 128 Å². The van der Waals surface area contributed by atoms with Crippen molar-refractivity contribution in [2.24, 2.45) is 17.3 Å². The van der Waals surface area contributed by atoms with Crippen LogP contribution in [0.1, 0.15) is 65.5 Å². The van der Waals surface area contributed by atoms with Crippen molar-refractivity contribution in [1.29, 1.82) is 0 Å². The zero-order chi connectivity index (χ0) is 47.5. The summed E-state index contributed by atoms with van der Waals surface area (Å²) in [5.41, 5.74) is 4.24. The minimum atomic E-state index is -5.59. The monoisotopic (exact) mass is 985 g/mol. The Morgan fingerprint density at radius 1 is 1.05 bits per heavy atom. The second-order valence-electron chi connectivity index (χ2n) is 15.4. The number of fused-ring (bicyclic) bond motifs is 1. The van der Waals surface area contributed by atoms with E-state index in [4.69, 9.17) is 19.5 Å². The molecule has 2 amide bonds. The Hall–Kier alpha value is -3.29. The van der Waals surface area contributed by atoms with E-state index in [-0.39, 0.29) is 65.0 Å². The Bertz CT molecular complexity index is 2170. The van der Waals surface area contributed by atoms with E-state index in [0.29, 0.717) is 19.3 Å². The Morgan fingerprint density at radius 2 is 1.77 bits per heavy atom. The average Bonchev–Trinajstić information content (AvgIpc) is 3.89. The molecule has 0 bridgehead atoms. The van der Waals surface area contributed by atoms with Gasteiger partial charge in [0.1, 0.15) is 42.0 Å². The topological polar surface area (TPSA) is 381 Å². The summed E-state index contributed by atoms with van der Waals surface area (Å²) >= 11 is 1.01. The molecule has 10 N–H and O–H groups in total. The fraction of sp³-hybridized carbons (Fsp3) is 0.629. The number of phosphoric ester groups is 3. The third kappa shape index (κ3) is 16.0. The van der Waals surface area contributed by atoms with Crippen molar-refractivity contribution in [3.8, 4) is 0 Å². The number of aromatic nitrogens is 4. The van der Waals surface area contributed by atoms with Crippen molar-refractivity contribution in [2.45, 2.75) is 89.9 Å². The Balaban J connectivity index is 1.16. The van der Waals surface area contributed by atoms with E-state index >= 15 is 0 Å². The number of hydrogen-bond acceptors (Lipinski definition) is 19. The van der Waals surface area contributed by atoms with E-state index in [1.807, 2.05) is 19.1 Å². The molecular weight excluding hydrogens is 931 g/mol. The molecular formula is C35H54N7O18P3S. The number of thioether (sulfide) groups is 1. The van der Waals surface area contributed by atoms with Crippen LogP contribution in [0.3, 0.4) is 0 Å². The number of allylic oxidation sites excluding steroid dienone is 3. The minimum Gasteiger partial charge on any atom is -0.386 e. The smallest absolute Gasteiger partial charge is 0.386 e. The molecule has 0 radical (unpaired) electrons. The number of nitrogens with two attached hydrogens (primary N) is 1. The van der Waals surface area contributed by atoms with Gasteiger partial charge in [0.05, 0.1) is 19.5 Å². The zero-order valence-corrected chi connectivity index (χ0v) is 38.5. The molecule has 1 saturated carbocycles. The van der Waals surface area contributed by atoms with Gasteiger partial charge in [0.25, 0.3) is 0 Å². The van der Waals surface area contributed by atoms with Crippen LogP contribution in [-0.2, 0) is 55.5 Å². The molecule has 358 valence electrons. The number of phosphoric acid groups is 3. The molecule has 2 aromatic rings. The number of ether oxygens (including phenoxy) is 1. The Labute approximate surface area is 371 Å². The summed E-state index contributed by atoms with van der Waals surface area (Å²) in [6.45, 7) is 2.42. The first-order valence-corrected chi connectivity index (χ1v) is 25.3. The number of imidazole rings is 1. The lowest BCUT2D eigenvalue weighted by Crippen LogP contribution is -2.46. The highest BCUT2D eigenvalue weighted by Crippen LogP contribution is 2.61. The molecule has 64 heavy (non-hydrogen) atoms. The van der Waals surface area contributed by atoms with Crippen LogP contribution in [0.5, 0.6) is 0 Å². The first-order valence-electron chi connectivity index (χ1n) is 19.8. The molecule has 4 rings (SSSR count). The van der Waals surface area contributed by atoms with E-state index in [9.17, 15) is 62.7 Å². The maximum atomic E-state index is 12.7.